The number of nitrogens with one attached hydrogen (secondary N) is 2. The van der Waals surface area contributed by atoms with Crippen molar-refractivity contribution in [2.75, 3.05) is 45.2 Å². The molecule has 0 spiro atoms. The lowest BCUT2D eigenvalue weighted by atomic mass is 10.2. The summed E-state index contributed by atoms with van der Waals surface area (Å²) in [7, 11) is -3.17. The molecule has 2 aliphatic heterocycles. The van der Waals surface area contributed by atoms with Gasteiger partial charge in [-0.25, -0.2) is 18.0 Å². The number of esters is 1. The van der Waals surface area contributed by atoms with Gasteiger partial charge in [0.15, 0.2) is 0 Å². The van der Waals surface area contributed by atoms with Crippen LogP contribution in [0, 0.1) is 0 Å². The van der Waals surface area contributed by atoms with Crippen LogP contribution in [0.4, 0.5) is 23.7 Å². The molecule has 2 aromatic rings. The van der Waals surface area contributed by atoms with E-state index in [1.807, 2.05) is 0 Å². The van der Waals surface area contributed by atoms with Crippen molar-refractivity contribution in [1.29, 1.82) is 0 Å². The van der Waals surface area contributed by atoms with E-state index < -0.39 is 50.6 Å². The van der Waals surface area contributed by atoms with Gasteiger partial charge in [-0.2, -0.15) is 17.5 Å². The number of nitrogens with zero attached hydrogens (tertiary/aromatic N) is 2. The molecule has 2 aromatic carbocycles. The van der Waals surface area contributed by atoms with E-state index in [1.165, 1.54) is 36.3 Å². The first-order chi connectivity index (χ1) is 19.4. The molecule has 2 atom stereocenters. The Balaban J connectivity index is 1.52. The standard InChI is InChI=1S/C26H29F3N4O7S/c1-39-24(35)17-4-8-19(9-5-17)31-25(36)32-12-13-33(22(16-32)23(34)30-15-20-3-2-14-40-20)41(37,38)21-10-6-18(7-11-21)26(27,28)29/h4-11,20,22H,2-3,12-16H2,1H3,(H,30,34)(H,31,36). The van der Waals surface area contributed by atoms with Gasteiger partial charge in [0.25, 0.3) is 0 Å². The number of hydrogen-bond acceptors (Lipinski definition) is 7. The average Bonchev–Trinajstić information content (AvgIpc) is 3.49. The number of alkyl halides is 3. The van der Waals surface area contributed by atoms with E-state index in [0.29, 0.717) is 24.4 Å². The quantitative estimate of drug-likeness (QED) is 0.468. The van der Waals surface area contributed by atoms with Crippen LogP contribution in [0.25, 0.3) is 0 Å². The molecule has 0 radical (unpaired) electrons. The topological polar surface area (TPSA) is 134 Å². The molecule has 0 aliphatic carbocycles. The fourth-order valence-corrected chi connectivity index (χ4v) is 6.12. The van der Waals surface area contributed by atoms with Gasteiger partial charge in [-0.1, -0.05) is 0 Å². The normalized spacial score (nSPS) is 20.0. The molecule has 41 heavy (non-hydrogen) atoms. The van der Waals surface area contributed by atoms with Crippen molar-refractivity contribution in [3.63, 3.8) is 0 Å². The van der Waals surface area contributed by atoms with Gasteiger partial charge < -0.3 is 25.0 Å². The minimum absolute atomic E-state index is 0.0958. The SMILES string of the molecule is COC(=O)c1ccc(NC(=O)N2CCN(S(=O)(=O)c3ccc(C(F)(F)F)cc3)C(C(=O)NCC3CCCO3)C2)cc1. The van der Waals surface area contributed by atoms with Crippen LogP contribution in [0.15, 0.2) is 53.4 Å². The molecule has 2 saturated heterocycles. The maximum atomic E-state index is 13.5. The number of urea groups is 1. The van der Waals surface area contributed by atoms with Crippen LogP contribution in [0.3, 0.4) is 0 Å². The predicted molar refractivity (Wildman–Crippen MR) is 139 cm³/mol. The number of ether oxygens (including phenoxy) is 2. The second kappa shape index (κ2) is 12.4. The Kier molecular flexibility index (Phi) is 9.19. The second-order valence-corrected chi connectivity index (χ2v) is 11.4. The van der Waals surface area contributed by atoms with Crippen LogP contribution in [0.2, 0.25) is 0 Å². The van der Waals surface area contributed by atoms with E-state index in [-0.39, 0.29) is 37.8 Å². The highest BCUT2D eigenvalue weighted by atomic mass is 32.2. The summed E-state index contributed by atoms with van der Waals surface area (Å²) in [6.45, 7) is -0.00395. The fraction of sp³-hybridized carbons (Fsp3) is 0.423. The molecule has 0 aromatic heterocycles. The summed E-state index contributed by atoms with van der Waals surface area (Å²) in [6.07, 6.45) is -3.32. The molecule has 0 bridgehead atoms. The van der Waals surface area contributed by atoms with Gasteiger partial charge in [0, 0.05) is 38.5 Å². The van der Waals surface area contributed by atoms with E-state index in [4.69, 9.17) is 4.74 Å². The van der Waals surface area contributed by atoms with Crippen molar-refractivity contribution in [1.82, 2.24) is 14.5 Å². The summed E-state index contributed by atoms with van der Waals surface area (Å²) in [5.74, 6) is -1.22. The third kappa shape index (κ3) is 7.15. The Morgan fingerprint density at radius 1 is 1.05 bits per heavy atom. The highest BCUT2D eigenvalue weighted by molar-refractivity contribution is 7.89. The molecule has 15 heteroatoms. The summed E-state index contributed by atoms with van der Waals surface area (Å²) in [5.41, 5.74) is -0.388. The first-order valence-electron chi connectivity index (χ1n) is 12.7. The largest absolute Gasteiger partial charge is 0.465 e. The zero-order valence-electron chi connectivity index (χ0n) is 22.0. The van der Waals surface area contributed by atoms with E-state index in [9.17, 15) is 36.0 Å². The summed E-state index contributed by atoms with van der Waals surface area (Å²) >= 11 is 0. The Bertz CT molecular complexity index is 1360. The molecular formula is C26H29F3N4O7S. The van der Waals surface area contributed by atoms with Crippen LogP contribution < -0.4 is 10.6 Å². The van der Waals surface area contributed by atoms with Crippen LogP contribution in [0.5, 0.6) is 0 Å². The molecule has 2 fully saturated rings. The van der Waals surface area contributed by atoms with Gasteiger partial charge in [0.1, 0.15) is 6.04 Å². The maximum Gasteiger partial charge on any atom is 0.416 e. The van der Waals surface area contributed by atoms with Crippen molar-refractivity contribution >= 4 is 33.6 Å². The molecule has 2 heterocycles. The van der Waals surface area contributed by atoms with Crippen LogP contribution in [-0.4, -0.2) is 87.6 Å². The molecule has 3 amide bonds. The van der Waals surface area contributed by atoms with Crippen LogP contribution in [-0.2, 0) is 30.5 Å². The Hall–Kier alpha value is -3.69. The Morgan fingerprint density at radius 3 is 2.32 bits per heavy atom. The van der Waals surface area contributed by atoms with Crippen molar-refractivity contribution < 1.29 is 45.4 Å². The number of halogens is 3. The Labute approximate surface area is 234 Å². The monoisotopic (exact) mass is 598 g/mol. The zero-order chi connectivity index (χ0) is 29.8. The lowest BCUT2D eigenvalue weighted by molar-refractivity contribution is -0.137. The molecule has 0 saturated carbocycles. The van der Waals surface area contributed by atoms with Gasteiger partial charge in [0.2, 0.25) is 15.9 Å². The number of sulfonamides is 1. The number of carbonyl (C=O) groups is 3. The van der Waals surface area contributed by atoms with Gasteiger partial charge >= 0.3 is 18.2 Å². The number of amides is 3. The minimum Gasteiger partial charge on any atom is -0.465 e. The van der Waals surface area contributed by atoms with E-state index in [0.717, 1.165) is 29.3 Å². The molecule has 4 rings (SSSR count). The van der Waals surface area contributed by atoms with Gasteiger partial charge in [-0.15, -0.1) is 0 Å². The Morgan fingerprint density at radius 2 is 1.73 bits per heavy atom. The highest BCUT2D eigenvalue weighted by Crippen LogP contribution is 2.31. The lowest BCUT2D eigenvalue weighted by Gasteiger charge is -2.39. The van der Waals surface area contributed by atoms with E-state index >= 15 is 0 Å². The first-order valence-corrected chi connectivity index (χ1v) is 14.2. The zero-order valence-corrected chi connectivity index (χ0v) is 22.8. The molecule has 11 nitrogen and oxygen atoms in total. The lowest BCUT2D eigenvalue weighted by Crippen LogP contribution is -2.62. The number of hydrogen-bond donors (Lipinski definition) is 2. The molecule has 2 N–H and O–H groups in total. The first kappa shape index (κ1) is 30.3. The fourth-order valence-electron chi connectivity index (χ4n) is 4.55. The van der Waals surface area contributed by atoms with Crippen molar-refractivity contribution in [2.24, 2.45) is 0 Å². The number of methoxy groups -OCH3 is 1. The maximum absolute atomic E-state index is 13.5. The van der Waals surface area contributed by atoms with Crippen molar-refractivity contribution in [3.05, 3.63) is 59.7 Å². The minimum atomic E-state index is -4.65. The predicted octanol–water partition coefficient (Wildman–Crippen LogP) is 2.69. The third-order valence-electron chi connectivity index (χ3n) is 6.79. The summed E-state index contributed by atoms with van der Waals surface area (Å²) in [4.78, 5) is 38.8. The molecular weight excluding hydrogens is 569 g/mol. The van der Waals surface area contributed by atoms with Crippen LogP contribution in [0.1, 0.15) is 28.8 Å². The second-order valence-electron chi connectivity index (χ2n) is 9.48. The number of anilines is 1. The van der Waals surface area contributed by atoms with Gasteiger partial charge in [-0.05, 0) is 61.4 Å². The van der Waals surface area contributed by atoms with Gasteiger partial charge in [0.05, 0.1) is 29.2 Å². The third-order valence-corrected chi connectivity index (χ3v) is 8.72. The number of benzene rings is 2. The highest BCUT2D eigenvalue weighted by Gasteiger charge is 2.42. The van der Waals surface area contributed by atoms with E-state index in [1.54, 1.807) is 0 Å². The molecule has 222 valence electrons. The van der Waals surface area contributed by atoms with Crippen molar-refractivity contribution in [3.8, 4) is 0 Å². The average molecular weight is 599 g/mol. The summed E-state index contributed by atoms with van der Waals surface area (Å²) in [6, 6.07) is 6.93. The smallest absolute Gasteiger partial charge is 0.416 e. The van der Waals surface area contributed by atoms with Gasteiger partial charge in [-0.3, -0.25) is 4.79 Å². The molecule has 2 unspecified atom stereocenters. The number of piperazine rings is 1. The summed E-state index contributed by atoms with van der Waals surface area (Å²) in [5, 5.41) is 5.33. The van der Waals surface area contributed by atoms with E-state index in [2.05, 4.69) is 15.4 Å². The van der Waals surface area contributed by atoms with Crippen LogP contribution >= 0.6 is 0 Å². The number of carbonyl (C=O) groups excluding carboxylic acids is 3. The number of rotatable bonds is 7. The van der Waals surface area contributed by atoms with Crippen molar-refractivity contribution in [2.45, 2.75) is 36.1 Å². The molecule has 2 aliphatic rings. The summed E-state index contributed by atoms with van der Waals surface area (Å²) < 4.78 is 77.1.